The van der Waals surface area contributed by atoms with Gasteiger partial charge in [-0.15, -0.1) is 0 Å². The van der Waals surface area contributed by atoms with Crippen LogP contribution in [0.25, 0.3) is 0 Å². The normalized spacial score (nSPS) is 17.5. The van der Waals surface area contributed by atoms with Crippen LogP contribution in [0.5, 0.6) is 0 Å². The lowest BCUT2D eigenvalue weighted by Crippen LogP contribution is -2.44. The van der Waals surface area contributed by atoms with E-state index in [1.165, 1.54) is 4.31 Å². The maximum atomic E-state index is 12.9. The summed E-state index contributed by atoms with van der Waals surface area (Å²) in [6, 6.07) is 6.56. The highest BCUT2D eigenvalue weighted by molar-refractivity contribution is 9.10. The number of hydrogen-bond donors (Lipinski definition) is 2. The first kappa shape index (κ1) is 16.3. The summed E-state index contributed by atoms with van der Waals surface area (Å²) in [4.78, 5) is 0.197. The Labute approximate surface area is 132 Å². The van der Waals surface area contributed by atoms with Crippen LogP contribution in [0.1, 0.15) is 25.7 Å². The van der Waals surface area contributed by atoms with E-state index in [-0.39, 0.29) is 23.3 Å². The van der Waals surface area contributed by atoms with Crippen molar-refractivity contribution in [1.29, 1.82) is 0 Å². The molecule has 2 rings (SSSR count). The Hall–Kier alpha value is -1.12. The van der Waals surface area contributed by atoms with Crippen LogP contribution >= 0.6 is 15.9 Å². The van der Waals surface area contributed by atoms with Crippen LogP contribution in [-0.2, 0) is 10.0 Å². The lowest BCUT2D eigenvalue weighted by Gasteiger charge is -2.27. The topological polar surface area (TPSA) is 96.0 Å². The van der Waals surface area contributed by atoms with Crippen LogP contribution in [0.2, 0.25) is 0 Å². The fourth-order valence-electron chi connectivity index (χ4n) is 2.57. The summed E-state index contributed by atoms with van der Waals surface area (Å²) < 4.78 is 27.6. The molecular weight excluding hydrogens is 358 g/mol. The van der Waals surface area contributed by atoms with Gasteiger partial charge in [0, 0.05) is 10.5 Å². The summed E-state index contributed by atoms with van der Waals surface area (Å²) in [6.45, 7) is -0.106. The summed E-state index contributed by atoms with van der Waals surface area (Å²) in [5.74, 6) is -0.113. The molecule has 0 spiro atoms. The standard InChI is InChI=1S/C13H18BrN3O3S/c14-11-7-3-4-8-12(11)21(19,20)17(9-13(15)16-18)10-5-1-2-6-10/h3-4,7-8,10,18H,1-2,5-6,9H2,(H2,15,16). The number of halogens is 1. The summed E-state index contributed by atoms with van der Waals surface area (Å²) in [6.07, 6.45) is 3.57. The van der Waals surface area contributed by atoms with Crippen LogP contribution in [-0.4, -0.2) is 36.4 Å². The highest BCUT2D eigenvalue weighted by Crippen LogP contribution is 2.31. The van der Waals surface area contributed by atoms with Crippen LogP contribution in [0.3, 0.4) is 0 Å². The van der Waals surface area contributed by atoms with Gasteiger partial charge in [-0.1, -0.05) is 30.1 Å². The molecule has 6 nitrogen and oxygen atoms in total. The zero-order valence-electron chi connectivity index (χ0n) is 11.4. The summed E-state index contributed by atoms with van der Waals surface area (Å²) in [5.41, 5.74) is 5.54. The minimum atomic E-state index is -3.71. The van der Waals surface area contributed by atoms with Crippen molar-refractivity contribution in [2.45, 2.75) is 36.6 Å². The molecule has 21 heavy (non-hydrogen) atoms. The van der Waals surface area contributed by atoms with Crippen molar-refractivity contribution >= 4 is 31.8 Å². The monoisotopic (exact) mass is 375 g/mol. The van der Waals surface area contributed by atoms with Gasteiger partial charge in [-0.3, -0.25) is 0 Å². The Morgan fingerprint density at radius 3 is 2.57 bits per heavy atom. The van der Waals surface area contributed by atoms with E-state index in [1.807, 2.05) is 0 Å². The lowest BCUT2D eigenvalue weighted by atomic mass is 10.2. The van der Waals surface area contributed by atoms with Crippen LogP contribution in [0, 0.1) is 0 Å². The summed E-state index contributed by atoms with van der Waals surface area (Å²) >= 11 is 3.28. The van der Waals surface area contributed by atoms with Crippen LogP contribution in [0.15, 0.2) is 38.8 Å². The second kappa shape index (κ2) is 6.76. The Kier molecular flexibility index (Phi) is 5.23. The molecule has 1 fully saturated rings. The third-order valence-electron chi connectivity index (χ3n) is 3.60. The predicted octanol–water partition coefficient (Wildman–Crippen LogP) is 2.13. The zero-order chi connectivity index (χ0) is 15.5. The molecule has 1 aliphatic rings. The Bertz CT molecular complexity index is 627. The third-order valence-corrected chi connectivity index (χ3v) is 6.51. The van der Waals surface area contributed by atoms with Gasteiger partial charge in [0.05, 0.1) is 11.4 Å². The number of sulfonamides is 1. The molecule has 1 aromatic rings. The van der Waals surface area contributed by atoms with E-state index in [2.05, 4.69) is 21.1 Å². The molecule has 0 radical (unpaired) electrons. The predicted molar refractivity (Wildman–Crippen MR) is 83.7 cm³/mol. The van der Waals surface area contributed by atoms with E-state index in [4.69, 9.17) is 10.9 Å². The largest absolute Gasteiger partial charge is 0.409 e. The van der Waals surface area contributed by atoms with Gasteiger partial charge in [-0.2, -0.15) is 4.31 Å². The Balaban J connectivity index is 2.41. The molecule has 0 aromatic heterocycles. The van der Waals surface area contributed by atoms with E-state index in [0.29, 0.717) is 4.47 Å². The van der Waals surface area contributed by atoms with Crippen molar-refractivity contribution in [3.05, 3.63) is 28.7 Å². The minimum Gasteiger partial charge on any atom is -0.409 e. The van der Waals surface area contributed by atoms with E-state index in [9.17, 15) is 8.42 Å². The zero-order valence-corrected chi connectivity index (χ0v) is 13.8. The lowest BCUT2D eigenvalue weighted by molar-refractivity contribution is 0.308. The van der Waals surface area contributed by atoms with Crippen molar-refractivity contribution in [1.82, 2.24) is 4.31 Å². The van der Waals surface area contributed by atoms with Crippen molar-refractivity contribution in [2.75, 3.05) is 6.54 Å². The highest BCUT2D eigenvalue weighted by Gasteiger charge is 2.34. The fourth-order valence-corrected chi connectivity index (χ4v) is 5.20. The molecule has 1 saturated carbocycles. The molecule has 3 N–H and O–H groups in total. The molecular formula is C13H18BrN3O3S. The molecule has 8 heteroatoms. The van der Waals surface area contributed by atoms with Gasteiger partial charge in [0.25, 0.3) is 0 Å². The van der Waals surface area contributed by atoms with Crippen molar-refractivity contribution in [2.24, 2.45) is 10.9 Å². The number of amidine groups is 1. The number of rotatable bonds is 5. The number of nitrogens with two attached hydrogens (primary N) is 1. The molecule has 0 aliphatic heterocycles. The van der Waals surface area contributed by atoms with E-state index in [1.54, 1.807) is 24.3 Å². The first-order valence-electron chi connectivity index (χ1n) is 6.69. The van der Waals surface area contributed by atoms with E-state index >= 15 is 0 Å². The first-order chi connectivity index (χ1) is 9.96. The maximum Gasteiger partial charge on any atom is 0.244 e. The van der Waals surface area contributed by atoms with Crippen molar-refractivity contribution in [3.63, 3.8) is 0 Å². The highest BCUT2D eigenvalue weighted by atomic mass is 79.9. The molecule has 0 bridgehead atoms. The quantitative estimate of drug-likeness (QED) is 0.356. The molecule has 1 aromatic carbocycles. The van der Waals surface area contributed by atoms with Gasteiger partial charge < -0.3 is 10.9 Å². The van der Waals surface area contributed by atoms with E-state index in [0.717, 1.165) is 25.7 Å². The van der Waals surface area contributed by atoms with E-state index < -0.39 is 10.0 Å². The first-order valence-corrected chi connectivity index (χ1v) is 8.93. The second-order valence-electron chi connectivity index (χ2n) is 5.01. The van der Waals surface area contributed by atoms with Gasteiger partial charge >= 0.3 is 0 Å². The Morgan fingerprint density at radius 2 is 2.00 bits per heavy atom. The van der Waals surface area contributed by atoms with Gasteiger partial charge in [0.2, 0.25) is 10.0 Å². The minimum absolute atomic E-state index is 0.106. The van der Waals surface area contributed by atoms with Crippen molar-refractivity contribution in [3.8, 4) is 0 Å². The maximum absolute atomic E-state index is 12.9. The fraction of sp³-hybridized carbons (Fsp3) is 0.462. The smallest absolute Gasteiger partial charge is 0.244 e. The summed E-state index contributed by atoms with van der Waals surface area (Å²) in [5, 5.41) is 11.7. The molecule has 0 heterocycles. The number of benzene rings is 1. The van der Waals surface area contributed by atoms with Crippen molar-refractivity contribution < 1.29 is 13.6 Å². The second-order valence-corrected chi connectivity index (χ2v) is 7.72. The molecule has 0 saturated heterocycles. The number of oxime groups is 1. The van der Waals surface area contributed by atoms with Crippen LogP contribution < -0.4 is 5.73 Å². The molecule has 0 atom stereocenters. The third kappa shape index (κ3) is 3.56. The molecule has 0 unspecified atom stereocenters. The molecule has 1 aliphatic carbocycles. The number of nitrogens with zero attached hydrogens (tertiary/aromatic N) is 2. The van der Waals surface area contributed by atoms with Gasteiger partial charge in [-0.05, 0) is 40.9 Å². The number of hydrogen-bond acceptors (Lipinski definition) is 4. The van der Waals surface area contributed by atoms with Gasteiger partial charge in [-0.25, -0.2) is 8.42 Å². The van der Waals surface area contributed by atoms with Gasteiger partial charge in [0.1, 0.15) is 0 Å². The average Bonchev–Trinajstić information content (AvgIpc) is 2.98. The van der Waals surface area contributed by atoms with Crippen LogP contribution in [0.4, 0.5) is 0 Å². The Morgan fingerprint density at radius 1 is 1.38 bits per heavy atom. The van der Waals surface area contributed by atoms with Gasteiger partial charge in [0.15, 0.2) is 5.84 Å². The average molecular weight is 376 g/mol. The summed E-state index contributed by atoms with van der Waals surface area (Å²) in [7, 11) is -3.71. The molecule has 116 valence electrons. The SMILES string of the molecule is NC(CN(C1CCCC1)S(=O)(=O)c1ccccc1Br)=NO. The molecule has 0 amide bonds.